The first kappa shape index (κ1) is 16.4. The molecule has 0 spiro atoms. The van der Waals surface area contributed by atoms with Crippen LogP contribution >= 0.6 is 0 Å². The zero-order chi connectivity index (χ0) is 16.0. The third-order valence-corrected chi connectivity index (χ3v) is 2.26. The number of hydrogen-bond acceptors (Lipinski definition) is 4. The second-order valence-corrected chi connectivity index (χ2v) is 5.23. The number of aromatic carboxylic acids is 1. The zero-order valence-corrected chi connectivity index (χ0v) is 12.2. The molecule has 1 amide bonds. The minimum atomic E-state index is -1.10. The van der Waals surface area contributed by atoms with Crippen LogP contribution in [0.25, 0.3) is 0 Å². The summed E-state index contributed by atoms with van der Waals surface area (Å²) >= 11 is 0. The molecule has 0 aliphatic carbocycles. The third kappa shape index (κ3) is 5.45. The number of amides is 1. The molecular weight excluding hydrogens is 272 g/mol. The summed E-state index contributed by atoms with van der Waals surface area (Å²) in [7, 11) is 0. The van der Waals surface area contributed by atoms with E-state index in [1.165, 1.54) is 6.07 Å². The second-order valence-electron chi connectivity index (χ2n) is 5.23. The molecule has 1 rings (SSSR count). The monoisotopic (exact) mass is 290 g/mol. The lowest BCUT2D eigenvalue weighted by molar-refractivity contribution is 0.0534. The molecule has 1 aromatic rings. The van der Waals surface area contributed by atoms with Gasteiger partial charge in [-0.05, 0) is 32.9 Å². The van der Waals surface area contributed by atoms with Crippen LogP contribution in [0.5, 0.6) is 0 Å². The van der Waals surface area contributed by atoms with E-state index in [0.717, 1.165) is 0 Å². The molecular formula is C15H18N2O4. The van der Waals surface area contributed by atoms with E-state index in [0.29, 0.717) is 0 Å². The Morgan fingerprint density at radius 3 is 2.62 bits per heavy atom. The Hall–Kier alpha value is -2.68. The van der Waals surface area contributed by atoms with Gasteiger partial charge in [-0.3, -0.25) is 0 Å². The van der Waals surface area contributed by atoms with Gasteiger partial charge >= 0.3 is 12.1 Å². The normalized spacial score (nSPS) is 10.2. The van der Waals surface area contributed by atoms with E-state index >= 15 is 0 Å². The molecule has 0 heterocycles. The molecule has 0 aliphatic rings. The smallest absolute Gasteiger partial charge is 0.408 e. The summed E-state index contributed by atoms with van der Waals surface area (Å²) in [5, 5.41) is 11.5. The van der Waals surface area contributed by atoms with Gasteiger partial charge in [-0.1, -0.05) is 17.9 Å². The van der Waals surface area contributed by atoms with Crippen molar-refractivity contribution in [1.82, 2.24) is 5.32 Å². The van der Waals surface area contributed by atoms with Crippen LogP contribution in [0.3, 0.4) is 0 Å². The van der Waals surface area contributed by atoms with Crippen molar-refractivity contribution in [3.8, 4) is 11.8 Å². The molecule has 6 heteroatoms. The maximum Gasteiger partial charge on any atom is 0.408 e. The number of carboxylic acids is 1. The summed E-state index contributed by atoms with van der Waals surface area (Å²) in [6, 6.07) is 4.53. The maximum absolute atomic E-state index is 11.4. The van der Waals surface area contributed by atoms with Gasteiger partial charge in [-0.2, -0.15) is 0 Å². The molecule has 0 unspecified atom stereocenters. The molecule has 1 aromatic carbocycles. The van der Waals surface area contributed by atoms with Gasteiger partial charge in [0.05, 0.1) is 17.7 Å². The molecule has 0 bridgehead atoms. The van der Waals surface area contributed by atoms with E-state index < -0.39 is 17.7 Å². The molecule has 21 heavy (non-hydrogen) atoms. The lowest BCUT2D eigenvalue weighted by Crippen LogP contribution is -2.32. The highest BCUT2D eigenvalue weighted by molar-refractivity contribution is 5.92. The Labute approximate surface area is 123 Å². The van der Waals surface area contributed by atoms with E-state index in [9.17, 15) is 9.59 Å². The highest BCUT2D eigenvalue weighted by Gasteiger charge is 2.15. The first-order valence-electron chi connectivity index (χ1n) is 6.28. The van der Waals surface area contributed by atoms with Crippen LogP contribution in [0, 0.1) is 11.8 Å². The van der Waals surface area contributed by atoms with Crippen molar-refractivity contribution in [2.24, 2.45) is 0 Å². The Bertz CT molecular complexity index is 606. The average Bonchev–Trinajstić information content (AvgIpc) is 2.33. The lowest BCUT2D eigenvalue weighted by atomic mass is 10.1. The van der Waals surface area contributed by atoms with Crippen LogP contribution in [0.4, 0.5) is 10.5 Å². The van der Waals surface area contributed by atoms with Gasteiger partial charge in [0.2, 0.25) is 0 Å². The highest BCUT2D eigenvalue weighted by atomic mass is 16.6. The first-order chi connectivity index (χ1) is 9.70. The highest BCUT2D eigenvalue weighted by Crippen LogP contribution is 2.15. The largest absolute Gasteiger partial charge is 0.478 e. The SMILES string of the molecule is CC(C)(C)OC(=O)NCC#Cc1c(N)cccc1C(=O)O. The fourth-order valence-corrected chi connectivity index (χ4v) is 1.45. The van der Waals surface area contributed by atoms with Gasteiger partial charge in [0.15, 0.2) is 0 Å². The van der Waals surface area contributed by atoms with E-state index in [1.54, 1.807) is 32.9 Å². The van der Waals surface area contributed by atoms with Crippen molar-refractivity contribution < 1.29 is 19.4 Å². The van der Waals surface area contributed by atoms with Crippen LogP contribution in [0.2, 0.25) is 0 Å². The number of carbonyl (C=O) groups excluding carboxylic acids is 1. The Morgan fingerprint density at radius 1 is 1.38 bits per heavy atom. The fraction of sp³-hybridized carbons (Fsp3) is 0.333. The van der Waals surface area contributed by atoms with Crippen molar-refractivity contribution >= 4 is 17.7 Å². The van der Waals surface area contributed by atoms with Crippen molar-refractivity contribution in [1.29, 1.82) is 0 Å². The Balaban J connectivity index is 2.72. The van der Waals surface area contributed by atoms with Gasteiger partial charge < -0.3 is 20.9 Å². The van der Waals surface area contributed by atoms with Gasteiger partial charge in [0.1, 0.15) is 5.60 Å². The number of rotatable bonds is 2. The predicted octanol–water partition coefficient (Wildman–Crippen LogP) is 1.84. The predicted molar refractivity (Wildman–Crippen MR) is 78.9 cm³/mol. The number of anilines is 1. The summed E-state index contributed by atoms with van der Waals surface area (Å²) in [5.74, 6) is 4.20. The third-order valence-electron chi connectivity index (χ3n) is 2.26. The van der Waals surface area contributed by atoms with E-state index in [2.05, 4.69) is 17.2 Å². The van der Waals surface area contributed by atoms with Crippen molar-refractivity contribution in [2.45, 2.75) is 26.4 Å². The standard InChI is InChI=1S/C15H18N2O4/c1-15(2,3)21-14(20)17-9-5-7-10-11(13(18)19)6-4-8-12(10)16/h4,6,8H,9,16H2,1-3H3,(H,17,20)(H,18,19). The summed E-state index contributed by atoms with van der Waals surface area (Å²) in [6.07, 6.45) is -0.587. The quantitative estimate of drug-likeness (QED) is 0.570. The van der Waals surface area contributed by atoms with Crippen LogP contribution in [0.15, 0.2) is 18.2 Å². The first-order valence-corrected chi connectivity index (χ1v) is 6.28. The van der Waals surface area contributed by atoms with Crippen LogP contribution in [0.1, 0.15) is 36.7 Å². The molecule has 0 fully saturated rings. The number of benzene rings is 1. The topological polar surface area (TPSA) is 102 Å². The van der Waals surface area contributed by atoms with Crippen molar-refractivity contribution in [2.75, 3.05) is 12.3 Å². The summed E-state index contributed by atoms with van der Waals surface area (Å²) in [6.45, 7) is 5.29. The zero-order valence-electron chi connectivity index (χ0n) is 12.2. The van der Waals surface area contributed by atoms with E-state index in [4.69, 9.17) is 15.6 Å². The minimum Gasteiger partial charge on any atom is -0.478 e. The molecule has 0 atom stereocenters. The van der Waals surface area contributed by atoms with Crippen molar-refractivity contribution in [3.05, 3.63) is 29.3 Å². The molecule has 0 saturated carbocycles. The Kier molecular flexibility index (Phi) is 5.19. The number of carboxylic acid groups (broad SMARTS) is 1. The van der Waals surface area contributed by atoms with Gasteiger partial charge in [0, 0.05) is 5.69 Å². The fourth-order valence-electron chi connectivity index (χ4n) is 1.45. The van der Waals surface area contributed by atoms with Gasteiger partial charge in [-0.15, -0.1) is 0 Å². The van der Waals surface area contributed by atoms with E-state index in [-0.39, 0.29) is 23.4 Å². The number of nitrogens with two attached hydrogens (primary N) is 1. The molecule has 4 N–H and O–H groups in total. The van der Waals surface area contributed by atoms with E-state index in [1.807, 2.05) is 0 Å². The number of ether oxygens (including phenoxy) is 1. The minimum absolute atomic E-state index is 0.0276. The number of hydrogen-bond donors (Lipinski definition) is 3. The van der Waals surface area contributed by atoms with Gasteiger partial charge in [0.25, 0.3) is 0 Å². The number of nitrogens with one attached hydrogen (secondary N) is 1. The number of carbonyl (C=O) groups is 2. The van der Waals surface area contributed by atoms with Crippen LogP contribution in [-0.4, -0.2) is 29.3 Å². The number of nitrogen functional groups attached to an aromatic ring is 1. The Morgan fingerprint density at radius 2 is 2.05 bits per heavy atom. The summed E-state index contributed by atoms with van der Waals surface area (Å²) < 4.78 is 5.04. The average molecular weight is 290 g/mol. The second kappa shape index (κ2) is 6.66. The molecule has 0 aromatic heterocycles. The molecule has 0 radical (unpaired) electrons. The van der Waals surface area contributed by atoms with Crippen LogP contribution in [-0.2, 0) is 4.74 Å². The molecule has 112 valence electrons. The summed E-state index contributed by atoms with van der Waals surface area (Å²) in [5.41, 5.74) is 5.66. The molecule has 0 aliphatic heterocycles. The maximum atomic E-state index is 11.4. The van der Waals surface area contributed by atoms with Gasteiger partial charge in [-0.25, -0.2) is 9.59 Å². The van der Waals surface area contributed by atoms with Crippen molar-refractivity contribution in [3.63, 3.8) is 0 Å². The molecule has 6 nitrogen and oxygen atoms in total. The number of alkyl carbamates (subject to hydrolysis) is 1. The lowest BCUT2D eigenvalue weighted by Gasteiger charge is -2.19. The molecule has 0 saturated heterocycles. The summed E-state index contributed by atoms with van der Waals surface area (Å²) in [4.78, 5) is 22.5. The van der Waals surface area contributed by atoms with Crippen LogP contribution < -0.4 is 11.1 Å².